The summed E-state index contributed by atoms with van der Waals surface area (Å²) in [5.74, 6) is 1.63. The Labute approximate surface area is 164 Å². The Morgan fingerprint density at radius 1 is 1.11 bits per heavy atom. The van der Waals surface area contributed by atoms with Crippen molar-refractivity contribution in [1.82, 2.24) is 15.1 Å². The second-order valence-corrected chi connectivity index (χ2v) is 8.21. The molecule has 2 fully saturated rings. The number of carbonyl (C=O) groups is 1. The molecule has 1 saturated heterocycles. The van der Waals surface area contributed by atoms with Crippen molar-refractivity contribution >= 4 is 5.91 Å². The average Bonchev–Trinajstić information content (AvgIpc) is 2.70. The van der Waals surface area contributed by atoms with Gasteiger partial charge in [-0.15, -0.1) is 0 Å². The highest BCUT2D eigenvalue weighted by Crippen LogP contribution is 2.27. The van der Waals surface area contributed by atoms with E-state index in [4.69, 9.17) is 4.74 Å². The number of hydrogen-bond donors (Lipinski definition) is 1. The van der Waals surface area contributed by atoms with Gasteiger partial charge in [-0.25, -0.2) is 0 Å². The lowest BCUT2D eigenvalue weighted by Gasteiger charge is -2.35. The van der Waals surface area contributed by atoms with Crippen molar-refractivity contribution in [2.45, 2.75) is 44.6 Å². The molecule has 27 heavy (non-hydrogen) atoms. The van der Waals surface area contributed by atoms with Crippen LogP contribution in [0.3, 0.4) is 0 Å². The van der Waals surface area contributed by atoms with E-state index in [1.54, 1.807) is 7.11 Å². The number of amides is 1. The molecule has 1 aliphatic heterocycles. The van der Waals surface area contributed by atoms with Gasteiger partial charge in [0.25, 0.3) is 0 Å². The van der Waals surface area contributed by atoms with Crippen molar-refractivity contribution in [1.29, 1.82) is 0 Å². The van der Waals surface area contributed by atoms with Gasteiger partial charge in [0.2, 0.25) is 5.91 Å². The first-order valence-corrected chi connectivity index (χ1v) is 10.5. The quantitative estimate of drug-likeness (QED) is 0.798. The van der Waals surface area contributed by atoms with Gasteiger partial charge in [-0.3, -0.25) is 9.69 Å². The lowest BCUT2D eigenvalue weighted by Crippen LogP contribution is -2.48. The van der Waals surface area contributed by atoms with E-state index in [9.17, 15) is 4.79 Å². The fraction of sp³-hybridized carbons (Fsp3) is 0.682. The van der Waals surface area contributed by atoms with Crippen LogP contribution in [0, 0.1) is 5.92 Å². The van der Waals surface area contributed by atoms with Crippen LogP contribution in [0.1, 0.15) is 50.1 Å². The first-order chi connectivity index (χ1) is 13.1. The summed E-state index contributed by atoms with van der Waals surface area (Å²) in [5, 5.41) is 3.34. The summed E-state index contributed by atoms with van der Waals surface area (Å²) < 4.78 is 5.29. The molecule has 1 atom stereocenters. The van der Waals surface area contributed by atoms with Gasteiger partial charge in [0.05, 0.1) is 13.2 Å². The highest BCUT2D eigenvalue weighted by Gasteiger charge is 2.23. The molecule has 1 amide bonds. The molecule has 1 saturated carbocycles. The molecule has 1 aromatic rings. The Morgan fingerprint density at radius 3 is 2.41 bits per heavy atom. The maximum atomic E-state index is 12.7. The SMILES string of the molecule is COc1ccc([C@@H](CN2CCN(C)CC2)NC(=O)CC2CCCCC2)cc1. The summed E-state index contributed by atoms with van der Waals surface area (Å²) in [5.41, 5.74) is 1.16. The van der Waals surface area contributed by atoms with Crippen molar-refractivity contribution in [2.75, 3.05) is 46.9 Å². The number of piperazine rings is 1. The highest BCUT2D eigenvalue weighted by molar-refractivity contribution is 5.76. The Morgan fingerprint density at radius 2 is 1.78 bits per heavy atom. The molecule has 150 valence electrons. The van der Waals surface area contributed by atoms with E-state index in [1.807, 2.05) is 12.1 Å². The predicted octanol–water partition coefficient (Wildman–Crippen LogP) is 3.07. The molecule has 1 heterocycles. The van der Waals surface area contributed by atoms with E-state index in [0.717, 1.165) is 44.0 Å². The van der Waals surface area contributed by atoms with Crippen LogP contribution in [-0.4, -0.2) is 62.6 Å². The van der Waals surface area contributed by atoms with Crippen LogP contribution in [0.4, 0.5) is 0 Å². The normalized spacial score (nSPS) is 21.0. The first kappa shape index (κ1) is 20.2. The average molecular weight is 374 g/mol. The summed E-state index contributed by atoms with van der Waals surface area (Å²) in [6.07, 6.45) is 6.98. The number of nitrogens with zero attached hydrogens (tertiary/aromatic N) is 2. The van der Waals surface area contributed by atoms with Gasteiger partial charge < -0.3 is 15.0 Å². The van der Waals surface area contributed by atoms with Gasteiger partial charge in [0, 0.05) is 39.1 Å². The number of hydrogen-bond acceptors (Lipinski definition) is 4. The van der Waals surface area contributed by atoms with Crippen LogP contribution in [0.2, 0.25) is 0 Å². The molecule has 1 aromatic carbocycles. The minimum absolute atomic E-state index is 0.0374. The number of likely N-dealkylation sites (N-methyl/N-ethyl adjacent to an activating group) is 1. The third-order valence-electron chi connectivity index (χ3n) is 6.09. The van der Waals surface area contributed by atoms with Gasteiger partial charge in [-0.2, -0.15) is 0 Å². The van der Waals surface area contributed by atoms with Crippen molar-refractivity contribution in [2.24, 2.45) is 5.92 Å². The third kappa shape index (κ3) is 6.22. The molecule has 0 radical (unpaired) electrons. The van der Waals surface area contributed by atoms with E-state index >= 15 is 0 Å². The van der Waals surface area contributed by atoms with E-state index in [2.05, 4.69) is 34.3 Å². The lowest BCUT2D eigenvalue weighted by molar-refractivity contribution is -0.123. The van der Waals surface area contributed by atoms with Gasteiger partial charge in [-0.1, -0.05) is 31.4 Å². The largest absolute Gasteiger partial charge is 0.497 e. The first-order valence-electron chi connectivity index (χ1n) is 10.5. The second kappa shape index (κ2) is 10.1. The van der Waals surface area contributed by atoms with E-state index in [-0.39, 0.29) is 11.9 Å². The molecular formula is C22H35N3O2. The summed E-state index contributed by atoms with van der Waals surface area (Å²) in [6.45, 7) is 5.16. The van der Waals surface area contributed by atoms with Crippen LogP contribution < -0.4 is 10.1 Å². The zero-order valence-electron chi connectivity index (χ0n) is 17.0. The Hall–Kier alpha value is -1.59. The van der Waals surface area contributed by atoms with Crippen LogP contribution in [0.15, 0.2) is 24.3 Å². The lowest BCUT2D eigenvalue weighted by atomic mass is 9.86. The van der Waals surface area contributed by atoms with Crippen LogP contribution in [0.5, 0.6) is 5.75 Å². The number of methoxy groups -OCH3 is 1. The molecule has 5 heteroatoms. The minimum Gasteiger partial charge on any atom is -0.497 e. The fourth-order valence-corrected chi connectivity index (χ4v) is 4.27. The standard InChI is InChI=1S/C22H35N3O2/c1-24-12-14-25(15-13-24)17-21(19-8-10-20(27-2)11-9-19)23-22(26)16-18-6-4-3-5-7-18/h8-11,18,21H,3-7,12-17H2,1-2H3,(H,23,26)/t21-/m1/s1. The van der Waals surface area contributed by atoms with Gasteiger partial charge in [-0.05, 0) is 43.5 Å². The van der Waals surface area contributed by atoms with Crippen LogP contribution in [0.25, 0.3) is 0 Å². The Balaban J connectivity index is 1.63. The van der Waals surface area contributed by atoms with E-state index in [0.29, 0.717) is 12.3 Å². The second-order valence-electron chi connectivity index (χ2n) is 8.21. The third-order valence-corrected chi connectivity index (χ3v) is 6.09. The maximum Gasteiger partial charge on any atom is 0.220 e. The van der Waals surface area contributed by atoms with Gasteiger partial charge >= 0.3 is 0 Å². The molecular weight excluding hydrogens is 338 g/mol. The fourth-order valence-electron chi connectivity index (χ4n) is 4.27. The predicted molar refractivity (Wildman–Crippen MR) is 109 cm³/mol. The topological polar surface area (TPSA) is 44.8 Å². The number of rotatable bonds is 7. The Bertz CT molecular complexity index is 576. The van der Waals surface area contributed by atoms with Crippen LogP contribution in [-0.2, 0) is 4.79 Å². The summed E-state index contributed by atoms with van der Waals surface area (Å²) >= 11 is 0. The molecule has 0 spiro atoms. The van der Waals surface area contributed by atoms with E-state index in [1.165, 1.54) is 32.1 Å². The minimum atomic E-state index is 0.0374. The van der Waals surface area contributed by atoms with E-state index < -0.39 is 0 Å². The molecule has 2 aliphatic rings. The van der Waals surface area contributed by atoms with Crippen molar-refractivity contribution in [3.63, 3.8) is 0 Å². The van der Waals surface area contributed by atoms with Gasteiger partial charge in [0.15, 0.2) is 0 Å². The molecule has 0 bridgehead atoms. The number of ether oxygens (including phenoxy) is 1. The van der Waals surface area contributed by atoms with Crippen molar-refractivity contribution in [3.05, 3.63) is 29.8 Å². The zero-order valence-corrected chi connectivity index (χ0v) is 17.0. The number of carbonyl (C=O) groups excluding carboxylic acids is 1. The smallest absolute Gasteiger partial charge is 0.220 e. The molecule has 5 nitrogen and oxygen atoms in total. The summed E-state index contributed by atoms with van der Waals surface area (Å²) in [6, 6.07) is 8.18. The number of benzene rings is 1. The monoisotopic (exact) mass is 373 g/mol. The van der Waals surface area contributed by atoms with Crippen LogP contribution >= 0.6 is 0 Å². The maximum absolute atomic E-state index is 12.7. The molecule has 0 unspecified atom stereocenters. The van der Waals surface area contributed by atoms with Crippen molar-refractivity contribution in [3.8, 4) is 5.75 Å². The summed E-state index contributed by atoms with van der Waals surface area (Å²) in [4.78, 5) is 17.6. The van der Waals surface area contributed by atoms with Gasteiger partial charge in [0.1, 0.15) is 5.75 Å². The number of nitrogens with one attached hydrogen (secondary N) is 1. The molecule has 0 aromatic heterocycles. The zero-order chi connectivity index (χ0) is 19.1. The highest BCUT2D eigenvalue weighted by atomic mass is 16.5. The molecule has 1 N–H and O–H groups in total. The summed E-state index contributed by atoms with van der Waals surface area (Å²) in [7, 11) is 3.85. The van der Waals surface area contributed by atoms with Crippen molar-refractivity contribution < 1.29 is 9.53 Å². The Kier molecular flexibility index (Phi) is 7.53. The molecule has 1 aliphatic carbocycles. The molecule has 3 rings (SSSR count).